The summed E-state index contributed by atoms with van der Waals surface area (Å²) in [6, 6.07) is 0. The highest BCUT2D eigenvalue weighted by Crippen LogP contribution is 1.97. The molecule has 0 aliphatic heterocycles. The van der Waals surface area contributed by atoms with E-state index >= 15 is 0 Å². The van der Waals surface area contributed by atoms with Crippen molar-refractivity contribution in [2.24, 2.45) is 0 Å². The van der Waals surface area contributed by atoms with Gasteiger partial charge in [-0.3, -0.25) is 9.59 Å². The molecule has 0 aliphatic rings. The zero-order chi connectivity index (χ0) is 13.2. The Morgan fingerprint density at radius 3 is 1.88 bits per heavy atom. The van der Waals surface area contributed by atoms with Crippen molar-refractivity contribution >= 4 is 11.9 Å². The zero-order valence-corrected chi connectivity index (χ0v) is 10.9. The Bertz CT molecular complexity index is 206. The van der Waals surface area contributed by atoms with Crippen molar-refractivity contribution in [1.82, 2.24) is 10.6 Å². The lowest BCUT2D eigenvalue weighted by Crippen LogP contribution is -2.37. The van der Waals surface area contributed by atoms with Crippen molar-refractivity contribution in [3.8, 4) is 0 Å². The maximum absolute atomic E-state index is 10.5. The smallest absolute Gasteiger partial charge is 0.300 e. The van der Waals surface area contributed by atoms with Crippen LogP contribution >= 0.6 is 0 Å². The van der Waals surface area contributed by atoms with Crippen LogP contribution in [0.3, 0.4) is 0 Å². The van der Waals surface area contributed by atoms with Gasteiger partial charge in [-0.05, 0) is 33.7 Å². The van der Waals surface area contributed by atoms with Gasteiger partial charge in [-0.2, -0.15) is 0 Å². The Morgan fingerprint density at radius 1 is 1.12 bits per heavy atom. The Balaban J connectivity index is 0. The number of amides is 1. The molecule has 1 amide bonds. The van der Waals surface area contributed by atoms with Crippen LogP contribution in [0.25, 0.3) is 0 Å². The third-order valence-electron chi connectivity index (χ3n) is 1.38. The van der Waals surface area contributed by atoms with Crippen LogP contribution in [0.1, 0.15) is 41.0 Å². The fourth-order valence-corrected chi connectivity index (χ4v) is 0.816. The van der Waals surface area contributed by atoms with Gasteiger partial charge in [0.05, 0.1) is 0 Å². The van der Waals surface area contributed by atoms with Gasteiger partial charge in [0.25, 0.3) is 5.97 Å². The second kappa shape index (κ2) is 9.15. The molecule has 0 unspecified atom stereocenters. The molecular formula is C11H24N2O3. The van der Waals surface area contributed by atoms with Crippen molar-refractivity contribution in [3.05, 3.63) is 0 Å². The molecule has 0 aromatic carbocycles. The van der Waals surface area contributed by atoms with E-state index in [2.05, 4.69) is 31.4 Å². The minimum atomic E-state index is -0.833. The summed E-state index contributed by atoms with van der Waals surface area (Å²) < 4.78 is 0. The molecule has 3 N–H and O–H groups in total. The molecule has 0 atom stereocenters. The number of rotatable bonds is 4. The first-order valence-corrected chi connectivity index (χ1v) is 5.34. The summed E-state index contributed by atoms with van der Waals surface area (Å²) in [6.07, 6.45) is 0.983. The molecule has 0 bridgehead atoms. The van der Waals surface area contributed by atoms with Crippen molar-refractivity contribution in [1.29, 1.82) is 0 Å². The first kappa shape index (κ1) is 17.3. The second-order valence-electron chi connectivity index (χ2n) is 4.53. The lowest BCUT2D eigenvalue weighted by atomic mass is 10.1. The molecule has 16 heavy (non-hydrogen) atoms. The Kier molecular flexibility index (Phi) is 9.89. The van der Waals surface area contributed by atoms with E-state index in [0.717, 1.165) is 26.4 Å². The number of hydrogen-bond donors (Lipinski definition) is 3. The lowest BCUT2D eigenvalue weighted by Gasteiger charge is -2.20. The van der Waals surface area contributed by atoms with Gasteiger partial charge in [0, 0.05) is 25.9 Å². The number of aliphatic carboxylic acids is 1. The summed E-state index contributed by atoms with van der Waals surface area (Å²) in [5.74, 6) is -0.786. The van der Waals surface area contributed by atoms with E-state index in [-0.39, 0.29) is 11.4 Å². The molecule has 0 rings (SSSR count). The molecule has 0 radical (unpaired) electrons. The van der Waals surface area contributed by atoms with Crippen LogP contribution < -0.4 is 10.6 Å². The largest absolute Gasteiger partial charge is 0.481 e. The van der Waals surface area contributed by atoms with Gasteiger partial charge in [0.2, 0.25) is 5.91 Å². The molecule has 0 aliphatic carbocycles. The Labute approximate surface area is 97.6 Å². The minimum absolute atomic E-state index is 0.0470. The van der Waals surface area contributed by atoms with E-state index in [9.17, 15) is 4.79 Å². The molecule has 96 valence electrons. The molecule has 5 heteroatoms. The summed E-state index contributed by atoms with van der Waals surface area (Å²) >= 11 is 0. The third kappa shape index (κ3) is 29.3. The topological polar surface area (TPSA) is 78.4 Å². The summed E-state index contributed by atoms with van der Waals surface area (Å²) in [5.41, 5.74) is 0.177. The molecule has 0 heterocycles. The van der Waals surface area contributed by atoms with E-state index < -0.39 is 5.97 Å². The highest BCUT2D eigenvalue weighted by molar-refractivity contribution is 5.72. The molecule has 0 saturated carbocycles. The lowest BCUT2D eigenvalue weighted by molar-refractivity contribution is -0.134. The zero-order valence-electron chi connectivity index (χ0n) is 10.9. The molecule has 0 saturated heterocycles. The first-order valence-electron chi connectivity index (χ1n) is 5.34. The fourth-order valence-electron chi connectivity index (χ4n) is 0.816. The molecule has 0 aromatic rings. The number of nitrogens with one attached hydrogen (secondary N) is 2. The van der Waals surface area contributed by atoms with E-state index in [4.69, 9.17) is 9.90 Å². The van der Waals surface area contributed by atoms with Crippen molar-refractivity contribution in [2.75, 3.05) is 13.1 Å². The van der Waals surface area contributed by atoms with Crippen LogP contribution in [-0.2, 0) is 9.59 Å². The number of carbonyl (C=O) groups excluding carboxylic acids is 1. The normalized spacial score (nSPS) is 10.1. The van der Waals surface area contributed by atoms with Gasteiger partial charge >= 0.3 is 0 Å². The van der Waals surface area contributed by atoms with Crippen molar-refractivity contribution in [3.63, 3.8) is 0 Å². The fraction of sp³-hybridized carbons (Fsp3) is 0.818. The highest BCUT2D eigenvalue weighted by atomic mass is 16.4. The van der Waals surface area contributed by atoms with Crippen LogP contribution in [-0.4, -0.2) is 35.6 Å². The summed E-state index contributed by atoms with van der Waals surface area (Å²) in [7, 11) is 0. The molecule has 5 nitrogen and oxygen atoms in total. The van der Waals surface area contributed by atoms with Gasteiger partial charge in [-0.15, -0.1) is 0 Å². The Hall–Kier alpha value is -1.10. The van der Waals surface area contributed by atoms with E-state index in [1.165, 1.54) is 6.92 Å². The maximum atomic E-state index is 10.5. The van der Waals surface area contributed by atoms with E-state index in [1.54, 1.807) is 0 Å². The first-order chi connectivity index (χ1) is 7.15. The summed E-state index contributed by atoms with van der Waals surface area (Å²) in [5, 5.41) is 13.5. The van der Waals surface area contributed by atoms with Crippen LogP contribution in [0.2, 0.25) is 0 Å². The van der Waals surface area contributed by atoms with Crippen molar-refractivity contribution in [2.45, 2.75) is 46.6 Å². The number of carboxylic acids is 1. The molecular weight excluding hydrogens is 208 g/mol. The highest BCUT2D eigenvalue weighted by Gasteiger charge is 2.06. The average molecular weight is 232 g/mol. The summed E-state index contributed by atoms with van der Waals surface area (Å²) in [6.45, 7) is 10.7. The second-order valence-corrected chi connectivity index (χ2v) is 4.53. The number of carboxylic acid groups (broad SMARTS) is 1. The predicted octanol–water partition coefficient (Wildman–Crippen LogP) is 0.992. The van der Waals surface area contributed by atoms with Gasteiger partial charge in [-0.25, -0.2) is 0 Å². The Morgan fingerprint density at radius 2 is 1.56 bits per heavy atom. The van der Waals surface area contributed by atoms with E-state index in [1.807, 2.05) is 0 Å². The average Bonchev–Trinajstić information content (AvgIpc) is 1.99. The van der Waals surface area contributed by atoms with Crippen LogP contribution in [0, 0.1) is 0 Å². The van der Waals surface area contributed by atoms with Crippen molar-refractivity contribution < 1.29 is 14.7 Å². The number of carbonyl (C=O) groups is 2. The standard InChI is InChI=1S/C9H20N2O.C2H4O2/c1-8(12)10-6-5-7-11-9(2,3)4;1-2(3)4/h11H,5-7H2,1-4H3,(H,10,12);1H3,(H,3,4). The maximum Gasteiger partial charge on any atom is 0.300 e. The quantitative estimate of drug-likeness (QED) is 0.632. The molecule has 0 aromatic heterocycles. The van der Waals surface area contributed by atoms with Gasteiger partial charge < -0.3 is 15.7 Å². The number of hydrogen-bond acceptors (Lipinski definition) is 3. The van der Waals surface area contributed by atoms with Gasteiger partial charge in [0.1, 0.15) is 0 Å². The SMILES string of the molecule is CC(=O)NCCCNC(C)(C)C.CC(=O)O. The van der Waals surface area contributed by atoms with Crippen LogP contribution in [0.15, 0.2) is 0 Å². The van der Waals surface area contributed by atoms with E-state index in [0.29, 0.717) is 0 Å². The minimum Gasteiger partial charge on any atom is -0.481 e. The predicted molar refractivity (Wildman–Crippen MR) is 64.4 cm³/mol. The molecule has 0 spiro atoms. The summed E-state index contributed by atoms with van der Waals surface area (Å²) in [4.78, 5) is 19.5. The van der Waals surface area contributed by atoms with Crippen LogP contribution in [0.5, 0.6) is 0 Å². The monoisotopic (exact) mass is 232 g/mol. The molecule has 0 fully saturated rings. The van der Waals surface area contributed by atoms with Crippen LogP contribution in [0.4, 0.5) is 0 Å². The van der Waals surface area contributed by atoms with Gasteiger partial charge in [0.15, 0.2) is 0 Å². The van der Waals surface area contributed by atoms with Gasteiger partial charge in [-0.1, -0.05) is 0 Å². The third-order valence-corrected chi connectivity index (χ3v) is 1.38.